The van der Waals surface area contributed by atoms with Crippen molar-refractivity contribution >= 4 is 0 Å². The quantitative estimate of drug-likeness (QED) is 0.451. The van der Waals surface area contributed by atoms with Crippen molar-refractivity contribution in [2.24, 2.45) is 17.8 Å². The van der Waals surface area contributed by atoms with Crippen LogP contribution in [0.3, 0.4) is 0 Å². The average Bonchev–Trinajstić information content (AvgIpc) is 2.57. The first-order valence-electron chi connectivity index (χ1n) is 10.3. The third kappa shape index (κ3) is 4.98. The fraction of sp³-hybridized carbons (Fsp3) is 1.00. The molecule has 0 aromatic carbocycles. The summed E-state index contributed by atoms with van der Waals surface area (Å²) < 4.78 is 6.01. The van der Waals surface area contributed by atoms with E-state index in [0.29, 0.717) is 0 Å². The summed E-state index contributed by atoms with van der Waals surface area (Å²) in [6, 6.07) is 0. The first-order chi connectivity index (χ1) is 10.7. The molecule has 2 aliphatic carbocycles. The number of rotatable bonds is 8. The monoisotopic (exact) mass is 308 g/mol. The smallest absolute Gasteiger partial charge is 0.0679 e. The van der Waals surface area contributed by atoms with Gasteiger partial charge in [0.15, 0.2) is 0 Å². The third-order valence-corrected chi connectivity index (χ3v) is 6.87. The first kappa shape index (κ1) is 18.3. The molecule has 0 spiro atoms. The maximum absolute atomic E-state index is 6.01. The van der Waals surface area contributed by atoms with Crippen molar-refractivity contribution in [2.75, 3.05) is 7.11 Å². The van der Waals surface area contributed by atoms with Crippen LogP contribution in [0.4, 0.5) is 0 Å². The first-order valence-corrected chi connectivity index (χ1v) is 10.3. The Bertz CT molecular complexity index is 282. The van der Waals surface area contributed by atoms with Crippen molar-refractivity contribution in [3.8, 4) is 0 Å². The van der Waals surface area contributed by atoms with Crippen molar-refractivity contribution in [2.45, 2.75) is 109 Å². The largest absolute Gasteiger partial charge is 0.378 e. The molecule has 2 aliphatic rings. The van der Waals surface area contributed by atoms with Crippen molar-refractivity contribution in [1.29, 1.82) is 0 Å². The van der Waals surface area contributed by atoms with Gasteiger partial charge in [-0.25, -0.2) is 0 Å². The Hall–Kier alpha value is -0.0400. The van der Waals surface area contributed by atoms with E-state index in [1.807, 2.05) is 7.11 Å². The van der Waals surface area contributed by atoms with E-state index in [0.717, 1.165) is 17.8 Å². The van der Waals surface area contributed by atoms with Crippen LogP contribution in [0.25, 0.3) is 0 Å². The molecule has 0 N–H and O–H groups in total. The van der Waals surface area contributed by atoms with Crippen LogP contribution in [0.5, 0.6) is 0 Å². The van der Waals surface area contributed by atoms with Gasteiger partial charge in [-0.1, -0.05) is 58.8 Å². The molecule has 0 bridgehead atoms. The maximum atomic E-state index is 6.01. The minimum Gasteiger partial charge on any atom is -0.378 e. The van der Waals surface area contributed by atoms with E-state index >= 15 is 0 Å². The molecule has 0 atom stereocenters. The van der Waals surface area contributed by atoms with E-state index in [1.54, 1.807) is 0 Å². The summed E-state index contributed by atoms with van der Waals surface area (Å²) >= 11 is 0. The van der Waals surface area contributed by atoms with Crippen molar-refractivity contribution in [3.63, 3.8) is 0 Å². The lowest BCUT2D eigenvalue weighted by atomic mass is 9.67. The van der Waals surface area contributed by atoms with E-state index in [1.165, 1.54) is 89.9 Å². The molecule has 22 heavy (non-hydrogen) atoms. The Balaban J connectivity index is 1.74. The Morgan fingerprint density at radius 3 is 2.00 bits per heavy atom. The van der Waals surface area contributed by atoms with Gasteiger partial charge in [0.25, 0.3) is 0 Å². The molecular weight excluding hydrogens is 268 g/mol. The predicted octanol–water partition coefficient (Wildman–Crippen LogP) is 6.75. The van der Waals surface area contributed by atoms with Gasteiger partial charge in [-0.3, -0.25) is 0 Å². The van der Waals surface area contributed by atoms with Crippen LogP contribution in [0.2, 0.25) is 0 Å². The maximum Gasteiger partial charge on any atom is 0.0679 e. The molecule has 1 nitrogen and oxygen atoms in total. The second-order valence-electron chi connectivity index (χ2n) is 8.25. The number of hydrogen-bond donors (Lipinski definition) is 0. The van der Waals surface area contributed by atoms with Crippen molar-refractivity contribution in [1.82, 2.24) is 0 Å². The highest BCUT2D eigenvalue weighted by Crippen LogP contribution is 2.45. The van der Waals surface area contributed by atoms with E-state index in [2.05, 4.69) is 13.8 Å². The van der Waals surface area contributed by atoms with Gasteiger partial charge in [-0.15, -0.1) is 0 Å². The molecule has 0 radical (unpaired) electrons. The lowest BCUT2D eigenvalue weighted by Crippen LogP contribution is -2.38. The lowest BCUT2D eigenvalue weighted by Gasteiger charge is -2.43. The van der Waals surface area contributed by atoms with Gasteiger partial charge in [0.2, 0.25) is 0 Å². The second-order valence-corrected chi connectivity index (χ2v) is 8.25. The molecule has 2 fully saturated rings. The molecule has 0 saturated heterocycles. The average molecular weight is 309 g/mol. The van der Waals surface area contributed by atoms with Crippen LogP contribution < -0.4 is 0 Å². The number of unbranched alkanes of at least 4 members (excludes halogenated alkanes) is 2. The van der Waals surface area contributed by atoms with E-state index in [9.17, 15) is 0 Å². The molecular formula is C21H40O. The normalized spacial score (nSPS) is 36.4. The second kappa shape index (κ2) is 9.30. The molecule has 0 aromatic rings. The summed E-state index contributed by atoms with van der Waals surface area (Å²) in [6.45, 7) is 4.64. The Labute approximate surface area is 139 Å². The third-order valence-electron chi connectivity index (χ3n) is 6.87. The van der Waals surface area contributed by atoms with E-state index in [4.69, 9.17) is 4.74 Å². The van der Waals surface area contributed by atoms with Crippen LogP contribution >= 0.6 is 0 Å². The van der Waals surface area contributed by atoms with Gasteiger partial charge < -0.3 is 4.74 Å². The Morgan fingerprint density at radius 2 is 1.45 bits per heavy atom. The molecule has 0 aliphatic heterocycles. The van der Waals surface area contributed by atoms with Crippen LogP contribution in [0.1, 0.15) is 104 Å². The highest BCUT2D eigenvalue weighted by molar-refractivity contribution is 4.90. The fourth-order valence-corrected chi connectivity index (χ4v) is 5.25. The number of ether oxygens (including phenoxy) is 1. The van der Waals surface area contributed by atoms with E-state index < -0.39 is 0 Å². The summed E-state index contributed by atoms with van der Waals surface area (Å²) in [5, 5.41) is 0. The summed E-state index contributed by atoms with van der Waals surface area (Å²) in [6.07, 6.45) is 19.8. The summed E-state index contributed by atoms with van der Waals surface area (Å²) in [5.41, 5.74) is 0.241. The molecule has 2 saturated carbocycles. The fourth-order valence-electron chi connectivity index (χ4n) is 5.25. The van der Waals surface area contributed by atoms with Crippen LogP contribution in [0.15, 0.2) is 0 Å². The van der Waals surface area contributed by atoms with Gasteiger partial charge in [-0.05, 0) is 62.7 Å². The van der Waals surface area contributed by atoms with Gasteiger partial charge in [0, 0.05) is 7.11 Å². The van der Waals surface area contributed by atoms with Crippen molar-refractivity contribution < 1.29 is 4.74 Å². The minimum absolute atomic E-state index is 0.241. The Kier molecular flexibility index (Phi) is 7.74. The van der Waals surface area contributed by atoms with Crippen molar-refractivity contribution in [3.05, 3.63) is 0 Å². The molecule has 0 aromatic heterocycles. The highest BCUT2D eigenvalue weighted by atomic mass is 16.5. The number of methoxy groups -OCH3 is 1. The SMILES string of the molecule is CCCCC[C@]1(OC)CC[C@@H](C2CCC(CCC)CC2)CC1. The zero-order valence-corrected chi connectivity index (χ0v) is 15.5. The van der Waals surface area contributed by atoms with Crippen LogP contribution in [-0.2, 0) is 4.74 Å². The predicted molar refractivity (Wildman–Crippen MR) is 96.2 cm³/mol. The van der Waals surface area contributed by atoms with E-state index in [-0.39, 0.29) is 5.60 Å². The van der Waals surface area contributed by atoms with Gasteiger partial charge >= 0.3 is 0 Å². The van der Waals surface area contributed by atoms with Gasteiger partial charge in [0.05, 0.1) is 5.60 Å². The standard InChI is InChI=1S/C21H40O/c1-4-6-7-15-21(22-3)16-13-20(14-17-21)19-11-9-18(8-5-2)10-12-19/h18-20H,4-17H2,1-3H3/t18?,19?,20-,21+. The zero-order chi connectivity index (χ0) is 15.8. The summed E-state index contributed by atoms with van der Waals surface area (Å²) in [7, 11) is 1.96. The molecule has 1 heteroatoms. The van der Waals surface area contributed by atoms with Gasteiger partial charge in [0.1, 0.15) is 0 Å². The summed E-state index contributed by atoms with van der Waals surface area (Å²) in [4.78, 5) is 0. The lowest BCUT2D eigenvalue weighted by molar-refractivity contribution is -0.0639. The van der Waals surface area contributed by atoms with Crippen LogP contribution in [-0.4, -0.2) is 12.7 Å². The summed E-state index contributed by atoms with van der Waals surface area (Å²) in [5.74, 6) is 3.10. The molecule has 0 amide bonds. The van der Waals surface area contributed by atoms with Crippen LogP contribution in [0, 0.1) is 17.8 Å². The molecule has 130 valence electrons. The minimum atomic E-state index is 0.241. The highest BCUT2D eigenvalue weighted by Gasteiger charge is 2.38. The molecule has 2 rings (SSSR count). The zero-order valence-electron chi connectivity index (χ0n) is 15.5. The van der Waals surface area contributed by atoms with Gasteiger partial charge in [-0.2, -0.15) is 0 Å². The topological polar surface area (TPSA) is 9.23 Å². The molecule has 0 heterocycles. The number of hydrogen-bond acceptors (Lipinski definition) is 1. The Morgan fingerprint density at radius 1 is 0.818 bits per heavy atom. The molecule has 0 unspecified atom stereocenters.